The van der Waals surface area contributed by atoms with Crippen LogP contribution in [-0.4, -0.2) is 44.0 Å². The first kappa shape index (κ1) is 17.1. The Balaban J connectivity index is 2.06. The van der Waals surface area contributed by atoms with Gasteiger partial charge in [0.25, 0.3) is 0 Å². The van der Waals surface area contributed by atoms with E-state index in [1.54, 1.807) is 0 Å². The van der Waals surface area contributed by atoms with Crippen LogP contribution in [0.2, 0.25) is 13.1 Å². The van der Waals surface area contributed by atoms with Gasteiger partial charge in [-0.3, -0.25) is 0 Å². The lowest BCUT2D eigenvalue weighted by atomic mass is 9.86. The van der Waals surface area contributed by atoms with Gasteiger partial charge in [0.15, 0.2) is 0 Å². The van der Waals surface area contributed by atoms with Gasteiger partial charge < -0.3 is 4.90 Å². The maximum Gasteiger partial charge on any atom is 0.0513 e. The van der Waals surface area contributed by atoms with Gasteiger partial charge in [-0.2, -0.15) is 11.8 Å². The summed E-state index contributed by atoms with van der Waals surface area (Å²) in [6.45, 7) is 14.5. The minimum Gasteiger partial charge on any atom is -0.302 e. The Morgan fingerprint density at radius 3 is 2.14 bits per heavy atom. The highest BCUT2D eigenvalue weighted by atomic mass is 32.2. The van der Waals surface area contributed by atoms with E-state index in [1.165, 1.54) is 42.1 Å². The molecule has 0 amide bonds. The number of hydrogen-bond acceptors (Lipinski definition) is 2. The van der Waals surface area contributed by atoms with Crippen LogP contribution in [0.4, 0.5) is 0 Å². The van der Waals surface area contributed by atoms with Gasteiger partial charge >= 0.3 is 0 Å². The van der Waals surface area contributed by atoms with Crippen molar-refractivity contribution >= 4 is 20.6 Å². The summed E-state index contributed by atoms with van der Waals surface area (Å²) in [5.74, 6) is 2.64. The smallest absolute Gasteiger partial charge is 0.0513 e. The normalized spacial score (nSPS) is 19.0. The van der Waals surface area contributed by atoms with Crippen molar-refractivity contribution in [2.45, 2.75) is 51.4 Å². The molecule has 0 aliphatic carbocycles. The number of rotatable bonds is 4. The quantitative estimate of drug-likeness (QED) is 0.772. The number of thioether (sulfide) groups is 1. The standard InChI is InChI=1S/C18H31NSSi/c1-18(2,3)16-8-6-15(7-9-16)14-17(21(4)5)19-10-12-20-13-11-19/h6-9,17,21H,10-14H2,1-5H3. The molecular formula is C18H31NSSi. The number of benzene rings is 1. The Hall–Kier alpha value is -0.253. The Morgan fingerprint density at radius 1 is 1.10 bits per heavy atom. The van der Waals surface area contributed by atoms with Crippen LogP contribution in [0.15, 0.2) is 24.3 Å². The molecule has 21 heavy (non-hydrogen) atoms. The molecule has 1 heterocycles. The third kappa shape index (κ3) is 4.87. The van der Waals surface area contributed by atoms with Crippen molar-refractivity contribution in [2.24, 2.45) is 0 Å². The molecule has 2 rings (SSSR count). The summed E-state index contributed by atoms with van der Waals surface area (Å²) >= 11 is 2.11. The minimum atomic E-state index is -0.658. The summed E-state index contributed by atoms with van der Waals surface area (Å²) in [5, 5.41) is 0. The fraction of sp³-hybridized carbons (Fsp3) is 0.667. The molecular weight excluding hydrogens is 290 g/mol. The Kier molecular flexibility index (Phi) is 5.98. The van der Waals surface area contributed by atoms with Crippen molar-refractivity contribution in [1.82, 2.24) is 4.90 Å². The van der Waals surface area contributed by atoms with E-state index in [4.69, 9.17) is 0 Å². The van der Waals surface area contributed by atoms with Crippen LogP contribution in [0.3, 0.4) is 0 Å². The van der Waals surface area contributed by atoms with Crippen molar-refractivity contribution in [3.05, 3.63) is 35.4 Å². The molecule has 1 saturated heterocycles. The molecule has 1 unspecified atom stereocenters. The first-order valence-electron chi connectivity index (χ1n) is 8.29. The molecule has 1 aromatic carbocycles. The number of nitrogens with zero attached hydrogens (tertiary/aromatic N) is 1. The first-order valence-corrected chi connectivity index (χ1v) is 12.4. The molecule has 1 aromatic rings. The molecule has 3 heteroatoms. The lowest BCUT2D eigenvalue weighted by Gasteiger charge is -2.36. The molecule has 0 saturated carbocycles. The van der Waals surface area contributed by atoms with E-state index in [-0.39, 0.29) is 5.41 Å². The largest absolute Gasteiger partial charge is 0.302 e. The van der Waals surface area contributed by atoms with E-state index in [2.05, 4.69) is 74.8 Å². The van der Waals surface area contributed by atoms with Crippen LogP contribution in [-0.2, 0) is 11.8 Å². The predicted octanol–water partition coefficient (Wildman–Crippen LogP) is 3.97. The van der Waals surface area contributed by atoms with Gasteiger partial charge in [-0.15, -0.1) is 0 Å². The minimum absolute atomic E-state index is 0.259. The van der Waals surface area contributed by atoms with E-state index < -0.39 is 8.80 Å². The topological polar surface area (TPSA) is 3.24 Å². The maximum absolute atomic E-state index is 2.77. The zero-order valence-electron chi connectivity index (χ0n) is 14.4. The molecule has 1 fully saturated rings. The maximum atomic E-state index is 2.77. The molecule has 1 aliphatic rings. The molecule has 1 atom stereocenters. The summed E-state index contributed by atoms with van der Waals surface area (Å²) < 4.78 is 0. The van der Waals surface area contributed by atoms with Crippen molar-refractivity contribution in [1.29, 1.82) is 0 Å². The summed E-state index contributed by atoms with van der Waals surface area (Å²) in [6.07, 6.45) is 1.25. The second-order valence-corrected chi connectivity index (χ2v) is 12.1. The highest BCUT2D eigenvalue weighted by Gasteiger charge is 2.24. The van der Waals surface area contributed by atoms with Gasteiger partial charge in [0.05, 0.1) is 8.80 Å². The van der Waals surface area contributed by atoms with Crippen molar-refractivity contribution in [2.75, 3.05) is 24.6 Å². The van der Waals surface area contributed by atoms with E-state index in [0.717, 1.165) is 5.67 Å². The van der Waals surface area contributed by atoms with E-state index in [9.17, 15) is 0 Å². The zero-order chi connectivity index (χ0) is 15.5. The van der Waals surface area contributed by atoms with Crippen LogP contribution >= 0.6 is 11.8 Å². The van der Waals surface area contributed by atoms with Crippen LogP contribution < -0.4 is 0 Å². The monoisotopic (exact) mass is 321 g/mol. The number of hydrogen-bond donors (Lipinski definition) is 0. The summed E-state index contributed by atoms with van der Waals surface area (Å²) in [7, 11) is -0.658. The molecule has 1 nitrogen and oxygen atoms in total. The van der Waals surface area contributed by atoms with Crippen molar-refractivity contribution < 1.29 is 0 Å². The van der Waals surface area contributed by atoms with Gasteiger partial charge in [0.1, 0.15) is 0 Å². The van der Waals surface area contributed by atoms with Crippen LogP contribution in [0.1, 0.15) is 31.9 Å². The Labute approximate surface area is 137 Å². The van der Waals surface area contributed by atoms with Gasteiger partial charge in [0, 0.05) is 30.3 Å². The lowest BCUT2D eigenvalue weighted by Crippen LogP contribution is -2.48. The average Bonchev–Trinajstić information content (AvgIpc) is 2.45. The van der Waals surface area contributed by atoms with Crippen LogP contribution in [0.25, 0.3) is 0 Å². The first-order chi connectivity index (χ1) is 9.88. The fourth-order valence-corrected chi connectivity index (χ4v) is 5.89. The predicted molar refractivity (Wildman–Crippen MR) is 100 cm³/mol. The highest BCUT2D eigenvalue weighted by molar-refractivity contribution is 7.99. The third-order valence-electron chi connectivity index (χ3n) is 4.55. The van der Waals surface area contributed by atoms with Crippen molar-refractivity contribution in [3.8, 4) is 0 Å². The Bertz CT molecular complexity index is 430. The molecule has 0 bridgehead atoms. The summed E-state index contributed by atoms with van der Waals surface area (Å²) in [6, 6.07) is 9.40. The van der Waals surface area contributed by atoms with Gasteiger partial charge in [0.2, 0.25) is 0 Å². The van der Waals surface area contributed by atoms with E-state index in [0.29, 0.717) is 0 Å². The van der Waals surface area contributed by atoms with Crippen LogP contribution in [0.5, 0.6) is 0 Å². The van der Waals surface area contributed by atoms with Gasteiger partial charge in [-0.1, -0.05) is 58.1 Å². The molecule has 118 valence electrons. The van der Waals surface area contributed by atoms with E-state index in [1.807, 2.05) is 0 Å². The van der Waals surface area contributed by atoms with Gasteiger partial charge in [-0.25, -0.2) is 0 Å². The SMILES string of the molecule is C[SiH](C)C(Cc1ccc(C(C)(C)C)cc1)N1CCSCC1. The summed E-state index contributed by atoms with van der Waals surface area (Å²) in [5.41, 5.74) is 4.05. The third-order valence-corrected chi connectivity index (χ3v) is 7.69. The Morgan fingerprint density at radius 2 is 1.67 bits per heavy atom. The van der Waals surface area contributed by atoms with Crippen molar-refractivity contribution in [3.63, 3.8) is 0 Å². The van der Waals surface area contributed by atoms with E-state index >= 15 is 0 Å². The molecule has 1 aliphatic heterocycles. The molecule has 0 N–H and O–H groups in total. The second-order valence-electron chi connectivity index (χ2n) is 7.61. The van der Waals surface area contributed by atoms with Gasteiger partial charge in [-0.05, 0) is 23.0 Å². The summed E-state index contributed by atoms with van der Waals surface area (Å²) in [4.78, 5) is 2.77. The highest BCUT2D eigenvalue weighted by Crippen LogP contribution is 2.23. The van der Waals surface area contributed by atoms with Crippen LogP contribution in [0, 0.1) is 0 Å². The average molecular weight is 322 g/mol. The lowest BCUT2D eigenvalue weighted by molar-refractivity contribution is 0.270. The fourth-order valence-electron chi connectivity index (χ4n) is 3.08. The second kappa shape index (κ2) is 7.34. The molecule has 0 aromatic heterocycles. The molecule has 0 spiro atoms. The molecule has 0 radical (unpaired) electrons. The zero-order valence-corrected chi connectivity index (χ0v) is 16.3.